The van der Waals surface area contributed by atoms with Crippen molar-refractivity contribution in [2.75, 3.05) is 0 Å². The van der Waals surface area contributed by atoms with Gasteiger partial charge in [0.25, 0.3) is 0 Å². The standard InChI is InChI=1S/C16H18BrNO3/c1-10(11-5-4-6-12(17)9-11)18-15(19)13-7-2-3-8-14(13)16(20)21/h2-6,9-10,13-14H,7-8H2,1H3,(H,18,19)(H,20,21)/t10-,13?,14?/m0/s1. The normalized spacial score (nSPS) is 22.6. The largest absolute Gasteiger partial charge is 0.481 e. The molecule has 1 aromatic rings. The average Bonchev–Trinajstić information content (AvgIpc) is 2.47. The number of carbonyl (C=O) groups is 2. The summed E-state index contributed by atoms with van der Waals surface area (Å²) in [6, 6.07) is 7.55. The maximum Gasteiger partial charge on any atom is 0.307 e. The van der Waals surface area contributed by atoms with E-state index in [1.165, 1.54) is 0 Å². The van der Waals surface area contributed by atoms with Gasteiger partial charge in [0, 0.05) is 4.47 Å². The van der Waals surface area contributed by atoms with Crippen LogP contribution in [0.3, 0.4) is 0 Å². The van der Waals surface area contributed by atoms with E-state index in [2.05, 4.69) is 21.2 Å². The third-order valence-electron chi connectivity index (χ3n) is 3.79. The number of hydrogen-bond donors (Lipinski definition) is 2. The van der Waals surface area contributed by atoms with E-state index >= 15 is 0 Å². The number of nitrogens with one attached hydrogen (secondary N) is 1. The molecule has 2 unspecified atom stereocenters. The molecule has 0 aliphatic heterocycles. The third-order valence-corrected chi connectivity index (χ3v) is 4.29. The Kier molecular flexibility index (Phi) is 5.17. The fourth-order valence-corrected chi connectivity index (χ4v) is 2.97. The molecular formula is C16H18BrNO3. The van der Waals surface area contributed by atoms with Crippen molar-refractivity contribution in [2.24, 2.45) is 11.8 Å². The third kappa shape index (κ3) is 3.94. The number of aliphatic carboxylic acids is 1. The van der Waals surface area contributed by atoms with Crippen LogP contribution in [0, 0.1) is 11.8 Å². The van der Waals surface area contributed by atoms with Crippen LogP contribution in [-0.2, 0) is 9.59 Å². The molecule has 1 aromatic carbocycles. The van der Waals surface area contributed by atoms with Gasteiger partial charge in [-0.05, 0) is 37.5 Å². The first kappa shape index (κ1) is 15.8. The van der Waals surface area contributed by atoms with E-state index in [9.17, 15) is 14.7 Å². The van der Waals surface area contributed by atoms with E-state index in [4.69, 9.17) is 0 Å². The van der Waals surface area contributed by atoms with Crippen molar-refractivity contribution in [3.05, 3.63) is 46.5 Å². The zero-order valence-electron chi connectivity index (χ0n) is 11.8. The van der Waals surface area contributed by atoms with Crippen LogP contribution in [0.15, 0.2) is 40.9 Å². The number of hydrogen-bond acceptors (Lipinski definition) is 2. The summed E-state index contributed by atoms with van der Waals surface area (Å²) in [6.07, 6.45) is 4.61. The summed E-state index contributed by atoms with van der Waals surface area (Å²) in [5, 5.41) is 12.1. The van der Waals surface area contributed by atoms with Gasteiger partial charge >= 0.3 is 5.97 Å². The number of benzene rings is 1. The number of carboxylic acids is 1. The molecule has 4 nitrogen and oxygen atoms in total. The van der Waals surface area contributed by atoms with Crippen molar-refractivity contribution < 1.29 is 14.7 Å². The smallest absolute Gasteiger partial charge is 0.307 e. The molecule has 1 aliphatic rings. The van der Waals surface area contributed by atoms with Crippen LogP contribution in [0.4, 0.5) is 0 Å². The zero-order chi connectivity index (χ0) is 15.4. The quantitative estimate of drug-likeness (QED) is 0.818. The molecule has 0 saturated carbocycles. The second kappa shape index (κ2) is 6.89. The van der Waals surface area contributed by atoms with Crippen molar-refractivity contribution in [2.45, 2.75) is 25.8 Å². The molecule has 1 aliphatic carbocycles. The summed E-state index contributed by atoms with van der Waals surface area (Å²) < 4.78 is 0.949. The van der Waals surface area contributed by atoms with Crippen LogP contribution in [-0.4, -0.2) is 17.0 Å². The van der Waals surface area contributed by atoms with Crippen LogP contribution in [0.1, 0.15) is 31.4 Å². The predicted molar refractivity (Wildman–Crippen MR) is 83.7 cm³/mol. The minimum absolute atomic E-state index is 0.157. The number of halogens is 1. The molecule has 0 heterocycles. The van der Waals surface area contributed by atoms with Crippen molar-refractivity contribution in [1.82, 2.24) is 5.32 Å². The van der Waals surface area contributed by atoms with Gasteiger partial charge in [0.1, 0.15) is 0 Å². The first-order valence-corrected chi connectivity index (χ1v) is 7.72. The van der Waals surface area contributed by atoms with E-state index in [0.717, 1.165) is 10.0 Å². The van der Waals surface area contributed by atoms with E-state index in [-0.39, 0.29) is 11.9 Å². The number of carboxylic acid groups (broad SMARTS) is 1. The van der Waals surface area contributed by atoms with Crippen molar-refractivity contribution in [1.29, 1.82) is 0 Å². The minimum atomic E-state index is -0.908. The van der Waals surface area contributed by atoms with Gasteiger partial charge in [-0.25, -0.2) is 0 Å². The lowest BCUT2D eigenvalue weighted by molar-refractivity contribution is -0.147. The Morgan fingerprint density at radius 1 is 1.29 bits per heavy atom. The van der Waals surface area contributed by atoms with Gasteiger partial charge in [-0.1, -0.05) is 40.2 Å². The lowest BCUT2D eigenvalue weighted by Crippen LogP contribution is -2.39. The van der Waals surface area contributed by atoms with Gasteiger partial charge in [0.2, 0.25) is 5.91 Å². The molecule has 112 valence electrons. The van der Waals surface area contributed by atoms with Crippen molar-refractivity contribution in [3.63, 3.8) is 0 Å². The van der Waals surface area contributed by atoms with Crippen molar-refractivity contribution in [3.8, 4) is 0 Å². The number of allylic oxidation sites excluding steroid dienone is 2. The fraction of sp³-hybridized carbons (Fsp3) is 0.375. The molecule has 21 heavy (non-hydrogen) atoms. The molecular weight excluding hydrogens is 334 g/mol. The van der Waals surface area contributed by atoms with E-state index in [0.29, 0.717) is 12.8 Å². The Labute approximate surface area is 132 Å². The zero-order valence-corrected chi connectivity index (χ0v) is 13.3. The highest BCUT2D eigenvalue weighted by atomic mass is 79.9. The molecule has 0 saturated heterocycles. The Morgan fingerprint density at radius 3 is 2.57 bits per heavy atom. The molecule has 2 N–H and O–H groups in total. The van der Waals surface area contributed by atoms with Gasteiger partial charge in [0.15, 0.2) is 0 Å². The molecule has 2 rings (SSSR count). The lowest BCUT2D eigenvalue weighted by Gasteiger charge is -2.26. The summed E-state index contributed by atoms with van der Waals surface area (Å²) in [5.41, 5.74) is 0.982. The topological polar surface area (TPSA) is 66.4 Å². The maximum absolute atomic E-state index is 12.4. The highest BCUT2D eigenvalue weighted by molar-refractivity contribution is 9.10. The Hall–Kier alpha value is -1.62. The highest BCUT2D eigenvalue weighted by Crippen LogP contribution is 2.27. The minimum Gasteiger partial charge on any atom is -0.481 e. The van der Waals surface area contributed by atoms with Gasteiger partial charge in [-0.15, -0.1) is 0 Å². The molecule has 3 atom stereocenters. The monoisotopic (exact) mass is 351 g/mol. The highest BCUT2D eigenvalue weighted by Gasteiger charge is 2.34. The number of rotatable bonds is 4. The summed E-state index contributed by atoms with van der Waals surface area (Å²) in [5.74, 6) is -2.24. The van der Waals surface area contributed by atoms with Gasteiger partial charge < -0.3 is 10.4 Å². The predicted octanol–water partition coefficient (Wildman–Crippen LogP) is 3.29. The molecule has 0 aromatic heterocycles. The summed E-state index contributed by atoms with van der Waals surface area (Å²) >= 11 is 3.40. The fourth-order valence-electron chi connectivity index (χ4n) is 2.56. The first-order valence-electron chi connectivity index (χ1n) is 6.92. The molecule has 1 amide bonds. The first-order chi connectivity index (χ1) is 9.99. The maximum atomic E-state index is 12.4. The van der Waals surface area contributed by atoms with Gasteiger partial charge in [0.05, 0.1) is 17.9 Å². The summed E-state index contributed by atoms with van der Waals surface area (Å²) in [7, 11) is 0. The average molecular weight is 352 g/mol. The van der Waals surface area contributed by atoms with Crippen LogP contribution in [0.5, 0.6) is 0 Å². The number of amides is 1. The van der Waals surface area contributed by atoms with Crippen LogP contribution in [0.25, 0.3) is 0 Å². The van der Waals surface area contributed by atoms with Gasteiger partial charge in [-0.2, -0.15) is 0 Å². The van der Waals surface area contributed by atoms with E-state index in [1.54, 1.807) is 0 Å². The van der Waals surface area contributed by atoms with Crippen molar-refractivity contribution >= 4 is 27.8 Å². The second-order valence-electron chi connectivity index (χ2n) is 5.28. The second-order valence-corrected chi connectivity index (χ2v) is 6.19. The van der Waals surface area contributed by atoms with Crippen LogP contribution >= 0.6 is 15.9 Å². The summed E-state index contributed by atoms with van der Waals surface area (Å²) in [6.45, 7) is 1.90. The van der Waals surface area contributed by atoms with Crippen LogP contribution in [0.2, 0.25) is 0 Å². The van der Waals surface area contributed by atoms with E-state index < -0.39 is 17.8 Å². The lowest BCUT2D eigenvalue weighted by atomic mass is 9.82. The Morgan fingerprint density at radius 2 is 1.95 bits per heavy atom. The molecule has 5 heteroatoms. The van der Waals surface area contributed by atoms with E-state index in [1.807, 2.05) is 43.3 Å². The molecule has 0 spiro atoms. The molecule has 0 fully saturated rings. The van der Waals surface area contributed by atoms with Crippen LogP contribution < -0.4 is 5.32 Å². The SMILES string of the molecule is C[C@H](NC(=O)C1CC=CCC1C(=O)O)c1cccc(Br)c1. The molecule has 0 radical (unpaired) electrons. The Balaban J connectivity index is 2.06. The van der Waals surface area contributed by atoms with Gasteiger partial charge in [-0.3, -0.25) is 9.59 Å². The Bertz CT molecular complexity index is 570. The summed E-state index contributed by atoms with van der Waals surface area (Å²) in [4.78, 5) is 23.6. The number of carbonyl (C=O) groups excluding carboxylic acids is 1. The molecule has 0 bridgehead atoms.